The van der Waals surface area contributed by atoms with Crippen LogP contribution in [0.5, 0.6) is 0 Å². The second-order valence-electron chi connectivity index (χ2n) is 7.47. The molecule has 8 nitrogen and oxygen atoms in total. The van der Waals surface area contributed by atoms with Gasteiger partial charge in [0, 0.05) is 38.0 Å². The number of nitrogens with one attached hydrogen (secondary N) is 1. The fourth-order valence-electron chi connectivity index (χ4n) is 3.84. The van der Waals surface area contributed by atoms with E-state index >= 15 is 0 Å². The maximum Gasteiger partial charge on any atom is 0.410 e. The summed E-state index contributed by atoms with van der Waals surface area (Å²) in [4.78, 5) is 37.1. The summed E-state index contributed by atoms with van der Waals surface area (Å²) in [5, 5.41) is 2.86. The summed E-state index contributed by atoms with van der Waals surface area (Å²) in [7, 11) is 1.76. The van der Waals surface area contributed by atoms with E-state index < -0.39 is 5.60 Å². The third-order valence-electron chi connectivity index (χ3n) is 5.15. The highest BCUT2D eigenvalue weighted by Crippen LogP contribution is 2.36. The Morgan fingerprint density at radius 2 is 2.04 bits per heavy atom. The van der Waals surface area contributed by atoms with Crippen molar-refractivity contribution in [1.29, 1.82) is 0 Å². The molecule has 134 valence electrons. The van der Waals surface area contributed by atoms with Crippen LogP contribution in [-0.2, 0) is 11.2 Å². The number of likely N-dealkylation sites (N-methyl/N-ethyl adjacent to an activating group) is 1. The van der Waals surface area contributed by atoms with E-state index in [9.17, 15) is 9.59 Å². The van der Waals surface area contributed by atoms with Crippen molar-refractivity contribution in [3.8, 4) is 0 Å². The molecule has 4 rings (SSSR count). The number of carbonyl (C=O) groups excluding carboxylic acids is 2. The van der Waals surface area contributed by atoms with E-state index in [-0.39, 0.29) is 17.9 Å². The maximum atomic E-state index is 12.3. The average Bonchev–Trinajstić information content (AvgIpc) is 3.09. The van der Waals surface area contributed by atoms with Crippen molar-refractivity contribution >= 4 is 17.8 Å². The van der Waals surface area contributed by atoms with Crippen LogP contribution in [0.25, 0.3) is 0 Å². The van der Waals surface area contributed by atoms with Gasteiger partial charge in [-0.2, -0.15) is 0 Å². The smallest absolute Gasteiger partial charge is 0.410 e. The quantitative estimate of drug-likeness (QED) is 0.857. The third-order valence-corrected chi connectivity index (χ3v) is 5.15. The molecule has 3 aliphatic rings. The average molecular weight is 345 g/mol. The molecule has 0 aromatic carbocycles. The summed E-state index contributed by atoms with van der Waals surface area (Å²) in [6.45, 7) is 6.58. The first-order valence-electron chi connectivity index (χ1n) is 8.77. The molecular weight excluding hydrogens is 322 g/mol. The van der Waals surface area contributed by atoms with E-state index in [0.717, 1.165) is 30.8 Å². The van der Waals surface area contributed by atoms with E-state index in [1.807, 2.05) is 13.8 Å². The lowest BCUT2D eigenvalue weighted by Crippen LogP contribution is -2.39. The van der Waals surface area contributed by atoms with E-state index in [2.05, 4.69) is 15.2 Å². The molecule has 1 aromatic rings. The molecule has 0 aliphatic carbocycles. The molecule has 2 fully saturated rings. The highest BCUT2D eigenvalue weighted by Gasteiger charge is 2.49. The topological polar surface area (TPSA) is 87.7 Å². The largest absolute Gasteiger partial charge is 0.439 e. The third kappa shape index (κ3) is 2.60. The van der Waals surface area contributed by atoms with Gasteiger partial charge in [-0.05, 0) is 6.42 Å². The lowest BCUT2D eigenvalue weighted by molar-refractivity contribution is 0.0741. The van der Waals surface area contributed by atoms with Gasteiger partial charge in [-0.1, -0.05) is 13.8 Å². The molecule has 1 N–H and O–H groups in total. The Balaban J connectivity index is 1.71. The van der Waals surface area contributed by atoms with Crippen molar-refractivity contribution in [1.82, 2.24) is 20.2 Å². The molecule has 0 radical (unpaired) electrons. The number of rotatable bonds is 2. The first-order valence-corrected chi connectivity index (χ1v) is 8.77. The lowest BCUT2D eigenvalue weighted by atomic mass is 10.0. The Hall–Kier alpha value is -2.38. The fraction of sp³-hybridized carbons (Fsp3) is 0.647. The molecular formula is C17H23N5O3. The number of aromatic nitrogens is 2. The van der Waals surface area contributed by atoms with Crippen LogP contribution in [-0.4, -0.2) is 65.7 Å². The first kappa shape index (κ1) is 16.1. The Bertz CT molecular complexity index is 750. The van der Waals surface area contributed by atoms with Crippen LogP contribution in [0, 0.1) is 0 Å². The number of carbonyl (C=O) groups is 2. The molecule has 1 spiro atoms. The van der Waals surface area contributed by atoms with E-state index in [0.29, 0.717) is 31.2 Å². The zero-order valence-electron chi connectivity index (χ0n) is 14.8. The minimum absolute atomic E-state index is 0.130. The summed E-state index contributed by atoms with van der Waals surface area (Å²) in [5.74, 6) is 1.50. The minimum atomic E-state index is -0.474. The van der Waals surface area contributed by atoms with Crippen molar-refractivity contribution < 1.29 is 14.3 Å². The summed E-state index contributed by atoms with van der Waals surface area (Å²) < 4.78 is 5.64. The molecule has 0 saturated carbocycles. The zero-order chi connectivity index (χ0) is 17.8. The number of anilines is 1. The van der Waals surface area contributed by atoms with E-state index in [1.54, 1.807) is 11.9 Å². The van der Waals surface area contributed by atoms with Gasteiger partial charge in [0.1, 0.15) is 17.3 Å². The SMILES string of the molecule is CC(C)c1nc2c(c(N3CCC4(CN(C)C(=O)O4)C3)n1)CCNC2=O. The number of amides is 2. The summed E-state index contributed by atoms with van der Waals surface area (Å²) in [6.07, 6.45) is 1.22. The molecule has 4 heterocycles. The number of hydrogen-bond acceptors (Lipinski definition) is 6. The van der Waals surface area contributed by atoms with E-state index in [4.69, 9.17) is 9.72 Å². The second kappa shape index (κ2) is 5.57. The molecule has 2 saturated heterocycles. The van der Waals surface area contributed by atoms with Gasteiger partial charge < -0.3 is 19.9 Å². The van der Waals surface area contributed by atoms with Gasteiger partial charge in [0.25, 0.3) is 5.91 Å². The number of hydrogen-bond donors (Lipinski definition) is 1. The molecule has 1 aromatic heterocycles. The van der Waals surface area contributed by atoms with Crippen molar-refractivity contribution in [2.45, 2.75) is 38.2 Å². The van der Waals surface area contributed by atoms with Gasteiger partial charge in [0.15, 0.2) is 5.60 Å². The first-order chi connectivity index (χ1) is 11.9. The highest BCUT2D eigenvalue weighted by atomic mass is 16.6. The normalized spacial score (nSPS) is 25.6. The Kier molecular flexibility index (Phi) is 3.59. The minimum Gasteiger partial charge on any atom is -0.439 e. The monoisotopic (exact) mass is 345 g/mol. The van der Waals surface area contributed by atoms with Gasteiger partial charge in [-0.25, -0.2) is 14.8 Å². The summed E-state index contributed by atoms with van der Waals surface area (Å²) in [6, 6.07) is 0. The predicted octanol–water partition coefficient (Wildman–Crippen LogP) is 0.917. The van der Waals surface area contributed by atoms with Gasteiger partial charge in [-0.3, -0.25) is 4.79 Å². The van der Waals surface area contributed by atoms with Gasteiger partial charge in [-0.15, -0.1) is 0 Å². The Morgan fingerprint density at radius 3 is 2.72 bits per heavy atom. The number of fused-ring (bicyclic) bond motifs is 1. The Labute approximate surface area is 146 Å². The number of nitrogens with zero attached hydrogens (tertiary/aromatic N) is 4. The van der Waals surface area contributed by atoms with Crippen LogP contribution in [0.15, 0.2) is 0 Å². The van der Waals surface area contributed by atoms with Crippen LogP contribution >= 0.6 is 0 Å². The Morgan fingerprint density at radius 1 is 1.24 bits per heavy atom. The van der Waals surface area contributed by atoms with Gasteiger partial charge in [0.2, 0.25) is 0 Å². The standard InChI is InChI=1S/C17H23N5O3/c1-10(2)13-19-12-11(4-6-18-15(12)23)14(20-13)22-7-5-17(9-22)8-21(3)16(24)25-17/h10H,4-9H2,1-3H3,(H,18,23). The fourth-order valence-corrected chi connectivity index (χ4v) is 3.84. The van der Waals surface area contributed by atoms with Gasteiger partial charge >= 0.3 is 6.09 Å². The van der Waals surface area contributed by atoms with Crippen molar-refractivity contribution in [2.24, 2.45) is 0 Å². The number of ether oxygens (including phenoxy) is 1. The molecule has 25 heavy (non-hydrogen) atoms. The van der Waals surface area contributed by atoms with Crippen molar-refractivity contribution in [3.05, 3.63) is 17.1 Å². The summed E-state index contributed by atoms with van der Waals surface area (Å²) in [5.41, 5.74) is 0.919. The molecule has 3 aliphatic heterocycles. The van der Waals surface area contributed by atoms with Crippen LogP contribution < -0.4 is 10.2 Å². The van der Waals surface area contributed by atoms with E-state index in [1.165, 1.54) is 0 Å². The van der Waals surface area contributed by atoms with Crippen LogP contribution in [0.2, 0.25) is 0 Å². The highest BCUT2D eigenvalue weighted by molar-refractivity contribution is 5.96. The van der Waals surface area contributed by atoms with Gasteiger partial charge in [0.05, 0.1) is 13.1 Å². The molecule has 1 atom stereocenters. The van der Waals surface area contributed by atoms with Crippen molar-refractivity contribution in [3.63, 3.8) is 0 Å². The summed E-state index contributed by atoms with van der Waals surface area (Å²) >= 11 is 0. The zero-order valence-corrected chi connectivity index (χ0v) is 14.8. The molecule has 2 amide bonds. The van der Waals surface area contributed by atoms with Crippen LogP contribution in [0.3, 0.4) is 0 Å². The molecule has 1 unspecified atom stereocenters. The van der Waals surface area contributed by atoms with Crippen LogP contribution in [0.1, 0.15) is 48.1 Å². The lowest BCUT2D eigenvalue weighted by Gasteiger charge is -2.27. The van der Waals surface area contributed by atoms with Crippen molar-refractivity contribution in [2.75, 3.05) is 38.1 Å². The second-order valence-corrected chi connectivity index (χ2v) is 7.47. The maximum absolute atomic E-state index is 12.3. The molecule has 8 heteroatoms. The van der Waals surface area contributed by atoms with Crippen LogP contribution in [0.4, 0.5) is 10.6 Å². The molecule has 0 bridgehead atoms. The predicted molar refractivity (Wildman–Crippen MR) is 90.8 cm³/mol.